The molecule has 0 amide bonds. The molecule has 0 saturated heterocycles. The summed E-state index contributed by atoms with van der Waals surface area (Å²) in [5, 5.41) is -0.166. The van der Waals surface area contributed by atoms with Crippen molar-refractivity contribution in [3.63, 3.8) is 0 Å². The number of hydrogen-bond acceptors (Lipinski definition) is 1. The van der Waals surface area contributed by atoms with Gasteiger partial charge in [-0.05, 0) is 25.5 Å². The molecule has 0 aromatic heterocycles. The second-order valence-corrected chi connectivity index (χ2v) is 3.58. The van der Waals surface area contributed by atoms with Crippen LogP contribution in [0.5, 0.6) is 0 Å². The lowest BCUT2D eigenvalue weighted by atomic mass is 9.99. The van der Waals surface area contributed by atoms with E-state index in [0.717, 1.165) is 6.92 Å². The average Bonchev–Trinajstić information content (AvgIpc) is 2.05. The molecule has 0 N–H and O–H groups in total. The van der Waals surface area contributed by atoms with Crippen LogP contribution in [-0.4, -0.2) is 5.78 Å². The first-order valence-electron chi connectivity index (χ1n) is 4.12. The monoisotopic (exact) mass is 236 g/mol. The van der Waals surface area contributed by atoms with Crippen molar-refractivity contribution in [2.75, 3.05) is 0 Å². The SMILES string of the molecule is CC(=O)c1c(Cl)ccc(C)c1C(F)(F)F. The maximum atomic E-state index is 12.6. The topological polar surface area (TPSA) is 17.1 Å². The molecule has 0 fully saturated rings. The van der Waals surface area contributed by atoms with Gasteiger partial charge in [0, 0.05) is 5.56 Å². The minimum absolute atomic E-state index is 0.00269. The summed E-state index contributed by atoms with van der Waals surface area (Å²) in [6.45, 7) is 2.36. The van der Waals surface area contributed by atoms with Gasteiger partial charge in [0.1, 0.15) is 0 Å². The number of rotatable bonds is 1. The molecular formula is C10H8ClF3O. The molecule has 5 heteroatoms. The Morgan fingerprint density at radius 3 is 2.20 bits per heavy atom. The standard InChI is InChI=1S/C10H8ClF3O/c1-5-3-4-7(11)8(6(2)15)9(5)10(12,13)14/h3-4H,1-2H3. The highest BCUT2D eigenvalue weighted by Gasteiger charge is 2.37. The number of benzene rings is 1. The van der Waals surface area contributed by atoms with Gasteiger partial charge in [-0.25, -0.2) is 0 Å². The maximum Gasteiger partial charge on any atom is 0.417 e. The third kappa shape index (κ3) is 2.31. The van der Waals surface area contributed by atoms with E-state index < -0.39 is 23.1 Å². The molecule has 0 bridgehead atoms. The first-order chi connectivity index (χ1) is 6.75. The van der Waals surface area contributed by atoms with E-state index in [1.807, 2.05) is 0 Å². The van der Waals surface area contributed by atoms with Crippen LogP contribution in [0.1, 0.15) is 28.4 Å². The summed E-state index contributed by atoms with van der Waals surface area (Å²) in [5.41, 5.74) is -1.40. The van der Waals surface area contributed by atoms with Crippen LogP contribution in [0.2, 0.25) is 5.02 Å². The van der Waals surface area contributed by atoms with Crippen LogP contribution < -0.4 is 0 Å². The van der Waals surface area contributed by atoms with Crippen molar-refractivity contribution in [3.05, 3.63) is 33.8 Å². The summed E-state index contributed by atoms with van der Waals surface area (Å²) < 4.78 is 37.9. The van der Waals surface area contributed by atoms with Gasteiger partial charge >= 0.3 is 6.18 Å². The van der Waals surface area contributed by atoms with Crippen molar-refractivity contribution in [3.8, 4) is 0 Å². The molecule has 0 radical (unpaired) electrons. The number of aryl methyl sites for hydroxylation is 1. The molecule has 0 heterocycles. The van der Waals surface area contributed by atoms with Crippen LogP contribution in [0.25, 0.3) is 0 Å². The quantitative estimate of drug-likeness (QED) is 0.677. The Kier molecular flexibility index (Phi) is 3.09. The number of ketones is 1. The fourth-order valence-electron chi connectivity index (χ4n) is 1.39. The third-order valence-corrected chi connectivity index (χ3v) is 2.31. The Morgan fingerprint density at radius 2 is 1.87 bits per heavy atom. The fraction of sp³-hybridized carbons (Fsp3) is 0.300. The lowest BCUT2D eigenvalue weighted by Gasteiger charge is -2.14. The number of hydrogen-bond donors (Lipinski definition) is 0. The number of carbonyl (C=O) groups is 1. The Morgan fingerprint density at radius 1 is 1.33 bits per heavy atom. The van der Waals surface area contributed by atoms with E-state index in [1.165, 1.54) is 19.1 Å². The summed E-state index contributed by atoms with van der Waals surface area (Å²) in [6.07, 6.45) is -4.56. The minimum Gasteiger partial charge on any atom is -0.294 e. The van der Waals surface area contributed by atoms with Crippen molar-refractivity contribution in [1.82, 2.24) is 0 Å². The highest BCUT2D eigenvalue weighted by molar-refractivity contribution is 6.34. The summed E-state index contributed by atoms with van der Waals surface area (Å²) in [5.74, 6) is -0.684. The van der Waals surface area contributed by atoms with Crippen molar-refractivity contribution < 1.29 is 18.0 Å². The third-order valence-electron chi connectivity index (χ3n) is 2.00. The molecular weight excluding hydrogens is 229 g/mol. The van der Waals surface area contributed by atoms with E-state index in [9.17, 15) is 18.0 Å². The molecule has 15 heavy (non-hydrogen) atoms. The molecule has 0 spiro atoms. The summed E-state index contributed by atoms with van der Waals surface area (Å²) >= 11 is 5.58. The minimum atomic E-state index is -4.56. The van der Waals surface area contributed by atoms with Gasteiger partial charge in [-0.3, -0.25) is 4.79 Å². The first kappa shape index (κ1) is 12.0. The zero-order valence-corrected chi connectivity index (χ0v) is 8.83. The van der Waals surface area contributed by atoms with E-state index >= 15 is 0 Å². The number of Topliss-reactive ketones (excluding diaryl/α,β-unsaturated/α-hetero) is 1. The molecule has 0 atom stereocenters. The van der Waals surface area contributed by atoms with Crippen LogP contribution in [0.4, 0.5) is 13.2 Å². The first-order valence-corrected chi connectivity index (χ1v) is 4.50. The molecule has 82 valence electrons. The lowest BCUT2D eigenvalue weighted by Crippen LogP contribution is -2.14. The van der Waals surface area contributed by atoms with Crippen LogP contribution in [0, 0.1) is 6.92 Å². The molecule has 0 aliphatic carbocycles. The second kappa shape index (κ2) is 3.85. The van der Waals surface area contributed by atoms with Crippen LogP contribution in [0.3, 0.4) is 0 Å². The molecule has 0 aliphatic rings. The highest BCUT2D eigenvalue weighted by Crippen LogP contribution is 2.37. The van der Waals surface area contributed by atoms with Gasteiger partial charge in [0.2, 0.25) is 0 Å². The number of alkyl halides is 3. The Labute approximate surface area is 89.9 Å². The molecule has 0 unspecified atom stereocenters. The molecule has 1 aromatic carbocycles. The van der Waals surface area contributed by atoms with Gasteiger partial charge in [0.25, 0.3) is 0 Å². The van der Waals surface area contributed by atoms with Gasteiger partial charge in [-0.15, -0.1) is 0 Å². The zero-order chi connectivity index (χ0) is 11.8. The molecule has 0 aliphatic heterocycles. The predicted octanol–water partition coefficient (Wildman–Crippen LogP) is 3.87. The van der Waals surface area contributed by atoms with E-state index in [0.29, 0.717) is 0 Å². The Balaban J connectivity index is 3.60. The van der Waals surface area contributed by atoms with E-state index in [-0.39, 0.29) is 10.6 Å². The molecule has 1 rings (SSSR count). The highest BCUT2D eigenvalue weighted by atomic mass is 35.5. The average molecular weight is 237 g/mol. The van der Waals surface area contributed by atoms with Crippen LogP contribution in [0.15, 0.2) is 12.1 Å². The summed E-state index contributed by atoms with van der Waals surface area (Å²) in [6, 6.07) is 2.54. The van der Waals surface area contributed by atoms with Crippen LogP contribution in [-0.2, 0) is 6.18 Å². The van der Waals surface area contributed by atoms with Crippen molar-refractivity contribution in [2.24, 2.45) is 0 Å². The van der Waals surface area contributed by atoms with E-state index in [4.69, 9.17) is 11.6 Å². The maximum absolute atomic E-state index is 12.6. The zero-order valence-electron chi connectivity index (χ0n) is 8.07. The van der Waals surface area contributed by atoms with Gasteiger partial charge in [0.05, 0.1) is 10.6 Å². The lowest BCUT2D eigenvalue weighted by molar-refractivity contribution is -0.138. The van der Waals surface area contributed by atoms with E-state index in [1.54, 1.807) is 0 Å². The van der Waals surface area contributed by atoms with Gasteiger partial charge < -0.3 is 0 Å². The normalized spacial score (nSPS) is 11.6. The smallest absolute Gasteiger partial charge is 0.294 e. The van der Waals surface area contributed by atoms with Crippen molar-refractivity contribution in [1.29, 1.82) is 0 Å². The van der Waals surface area contributed by atoms with Crippen LogP contribution >= 0.6 is 11.6 Å². The number of halogens is 4. The summed E-state index contributed by atoms with van der Waals surface area (Å²) in [4.78, 5) is 11.1. The van der Waals surface area contributed by atoms with Crippen molar-refractivity contribution in [2.45, 2.75) is 20.0 Å². The molecule has 0 saturated carbocycles. The van der Waals surface area contributed by atoms with Gasteiger partial charge in [-0.2, -0.15) is 13.2 Å². The summed E-state index contributed by atoms with van der Waals surface area (Å²) in [7, 11) is 0. The fourth-order valence-corrected chi connectivity index (χ4v) is 1.68. The molecule has 1 aromatic rings. The predicted molar refractivity (Wildman–Crippen MR) is 51.2 cm³/mol. The Bertz CT molecular complexity index is 410. The molecule has 1 nitrogen and oxygen atoms in total. The van der Waals surface area contributed by atoms with Gasteiger partial charge in [-0.1, -0.05) is 17.7 Å². The van der Waals surface area contributed by atoms with Gasteiger partial charge in [0.15, 0.2) is 5.78 Å². The van der Waals surface area contributed by atoms with Crippen molar-refractivity contribution >= 4 is 17.4 Å². The second-order valence-electron chi connectivity index (χ2n) is 3.17. The largest absolute Gasteiger partial charge is 0.417 e. The number of carbonyl (C=O) groups excluding carboxylic acids is 1. The van der Waals surface area contributed by atoms with E-state index in [2.05, 4.69) is 0 Å². The Hall–Kier alpha value is -1.03.